The van der Waals surface area contributed by atoms with Crippen molar-refractivity contribution in [1.82, 2.24) is 15.5 Å². The minimum absolute atomic E-state index is 0.0350. The number of esters is 1. The zero-order chi connectivity index (χ0) is 20.7. The van der Waals surface area contributed by atoms with Gasteiger partial charge in [-0.25, -0.2) is 9.59 Å². The molecule has 0 bridgehead atoms. The summed E-state index contributed by atoms with van der Waals surface area (Å²) in [5.74, 6) is -0.785. The number of ether oxygens (including phenoxy) is 2. The van der Waals surface area contributed by atoms with Crippen molar-refractivity contribution in [3.8, 4) is 0 Å². The van der Waals surface area contributed by atoms with E-state index < -0.39 is 5.97 Å². The number of hydrogen-bond donors (Lipinski definition) is 2. The van der Waals surface area contributed by atoms with Crippen LogP contribution in [0.25, 0.3) is 0 Å². The van der Waals surface area contributed by atoms with E-state index in [1.54, 1.807) is 29.2 Å². The molecule has 1 aromatic carbocycles. The maximum Gasteiger partial charge on any atom is 0.338 e. The highest BCUT2D eigenvalue weighted by Crippen LogP contribution is 2.11. The van der Waals surface area contributed by atoms with Gasteiger partial charge in [-0.1, -0.05) is 12.1 Å². The first-order chi connectivity index (χ1) is 13.2. The number of nitrogens with one attached hydrogen (secondary N) is 2. The van der Waals surface area contributed by atoms with Crippen molar-refractivity contribution in [2.24, 2.45) is 0 Å². The van der Waals surface area contributed by atoms with E-state index in [1.165, 1.54) is 0 Å². The van der Waals surface area contributed by atoms with Crippen molar-refractivity contribution < 1.29 is 23.9 Å². The fourth-order valence-electron chi connectivity index (χ4n) is 2.94. The number of urea groups is 1. The highest BCUT2D eigenvalue weighted by Gasteiger charge is 2.26. The molecule has 154 valence electrons. The molecule has 2 N–H and O–H groups in total. The van der Waals surface area contributed by atoms with Gasteiger partial charge in [0.25, 0.3) is 5.91 Å². The molecular weight excluding hydrogens is 362 g/mol. The van der Waals surface area contributed by atoms with Gasteiger partial charge in [0.15, 0.2) is 6.61 Å². The first kappa shape index (κ1) is 21.7. The lowest BCUT2D eigenvalue weighted by Gasteiger charge is -2.35. The van der Waals surface area contributed by atoms with Gasteiger partial charge in [-0.05, 0) is 45.4 Å². The monoisotopic (exact) mass is 391 g/mol. The van der Waals surface area contributed by atoms with Crippen molar-refractivity contribution in [3.63, 3.8) is 0 Å². The summed E-state index contributed by atoms with van der Waals surface area (Å²) in [4.78, 5) is 37.7. The van der Waals surface area contributed by atoms with E-state index in [0.717, 1.165) is 5.56 Å². The van der Waals surface area contributed by atoms with Crippen LogP contribution in [-0.4, -0.2) is 60.8 Å². The molecule has 1 fully saturated rings. The molecule has 0 aromatic heterocycles. The van der Waals surface area contributed by atoms with Crippen molar-refractivity contribution in [3.05, 3.63) is 35.4 Å². The molecule has 2 rings (SSSR count). The van der Waals surface area contributed by atoms with Crippen LogP contribution in [0.3, 0.4) is 0 Å². The molecule has 0 saturated carbocycles. The normalized spacial score (nSPS) is 19.2. The Morgan fingerprint density at radius 3 is 2.32 bits per heavy atom. The third-order valence-corrected chi connectivity index (χ3v) is 4.16. The lowest BCUT2D eigenvalue weighted by atomic mass is 10.1. The Bertz CT molecular complexity index is 680. The first-order valence-electron chi connectivity index (χ1n) is 9.48. The van der Waals surface area contributed by atoms with Gasteiger partial charge in [0.2, 0.25) is 0 Å². The summed E-state index contributed by atoms with van der Waals surface area (Å²) in [6.45, 7) is 8.61. The van der Waals surface area contributed by atoms with Crippen molar-refractivity contribution >= 4 is 17.9 Å². The molecule has 3 amide bonds. The predicted octanol–water partition coefficient (Wildman–Crippen LogP) is 1.69. The fraction of sp³-hybridized carbons (Fsp3) is 0.550. The van der Waals surface area contributed by atoms with Gasteiger partial charge in [0.05, 0.1) is 17.8 Å². The number of morpholine rings is 1. The number of amides is 3. The van der Waals surface area contributed by atoms with Crippen LogP contribution in [0.5, 0.6) is 0 Å². The number of benzene rings is 1. The molecule has 8 nitrogen and oxygen atoms in total. The molecule has 0 unspecified atom stereocenters. The second kappa shape index (κ2) is 10.1. The Morgan fingerprint density at radius 1 is 1.14 bits per heavy atom. The molecule has 8 heteroatoms. The van der Waals surface area contributed by atoms with Crippen LogP contribution >= 0.6 is 0 Å². The Morgan fingerprint density at radius 2 is 1.75 bits per heavy atom. The quantitative estimate of drug-likeness (QED) is 0.720. The van der Waals surface area contributed by atoms with Gasteiger partial charge < -0.3 is 25.0 Å². The van der Waals surface area contributed by atoms with Gasteiger partial charge in [0, 0.05) is 25.7 Å². The van der Waals surface area contributed by atoms with E-state index in [-0.39, 0.29) is 36.8 Å². The fourth-order valence-corrected chi connectivity index (χ4v) is 2.94. The number of rotatable bonds is 6. The average molecular weight is 391 g/mol. The molecule has 28 heavy (non-hydrogen) atoms. The molecule has 0 aliphatic carbocycles. The van der Waals surface area contributed by atoms with Gasteiger partial charge in [0.1, 0.15) is 0 Å². The smallest absolute Gasteiger partial charge is 0.338 e. The molecule has 1 aliphatic rings. The molecule has 1 heterocycles. The Hall–Kier alpha value is -2.61. The minimum atomic E-state index is -0.556. The van der Waals surface area contributed by atoms with Crippen LogP contribution in [0.2, 0.25) is 0 Å². The summed E-state index contributed by atoms with van der Waals surface area (Å²) in [5.41, 5.74) is 1.20. The van der Waals surface area contributed by atoms with Gasteiger partial charge in [-0.15, -0.1) is 0 Å². The summed E-state index contributed by atoms with van der Waals surface area (Å²) < 4.78 is 10.7. The molecule has 1 aromatic rings. The largest absolute Gasteiger partial charge is 0.452 e. The zero-order valence-electron chi connectivity index (χ0n) is 16.9. The standard InChI is InChI=1S/C20H29N3O5/c1-13(2)22-20(26)21-9-16-5-7-17(8-6-16)19(25)27-12-18(24)23-10-14(3)28-15(4)11-23/h5-8,13-15H,9-12H2,1-4H3,(H2,21,22,26)/t14-,15-/m1/s1. The summed E-state index contributed by atoms with van der Waals surface area (Å²) in [6, 6.07) is 6.51. The second-order valence-corrected chi connectivity index (χ2v) is 7.31. The van der Waals surface area contributed by atoms with E-state index in [1.807, 2.05) is 27.7 Å². The van der Waals surface area contributed by atoms with Crippen molar-refractivity contribution in [1.29, 1.82) is 0 Å². The van der Waals surface area contributed by atoms with E-state index in [4.69, 9.17) is 9.47 Å². The maximum absolute atomic E-state index is 12.3. The molecule has 1 aliphatic heterocycles. The molecular formula is C20H29N3O5. The Labute approximate surface area is 165 Å². The summed E-state index contributed by atoms with van der Waals surface area (Å²) in [7, 11) is 0. The first-order valence-corrected chi connectivity index (χ1v) is 9.48. The number of carbonyl (C=O) groups is 3. The van der Waals surface area contributed by atoms with Crippen LogP contribution < -0.4 is 10.6 Å². The number of hydrogen-bond acceptors (Lipinski definition) is 5. The summed E-state index contributed by atoms with van der Waals surface area (Å²) in [5, 5.41) is 5.47. The second-order valence-electron chi connectivity index (χ2n) is 7.31. The van der Waals surface area contributed by atoms with E-state index in [0.29, 0.717) is 25.2 Å². The zero-order valence-corrected chi connectivity index (χ0v) is 16.9. The highest BCUT2D eigenvalue weighted by atomic mass is 16.5. The van der Waals surface area contributed by atoms with E-state index in [9.17, 15) is 14.4 Å². The predicted molar refractivity (Wildman–Crippen MR) is 104 cm³/mol. The molecule has 2 atom stereocenters. The summed E-state index contributed by atoms with van der Waals surface area (Å²) in [6.07, 6.45) is -0.0700. The van der Waals surface area contributed by atoms with Crippen LogP contribution in [0.4, 0.5) is 4.79 Å². The lowest BCUT2D eigenvalue weighted by molar-refractivity contribution is -0.146. The van der Waals surface area contributed by atoms with Crippen LogP contribution in [0.15, 0.2) is 24.3 Å². The maximum atomic E-state index is 12.3. The van der Waals surface area contributed by atoms with Crippen LogP contribution in [-0.2, 0) is 20.8 Å². The lowest BCUT2D eigenvalue weighted by Crippen LogP contribution is -2.49. The summed E-state index contributed by atoms with van der Waals surface area (Å²) >= 11 is 0. The molecule has 0 radical (unpaired) electrons. The minimum Gasteiger partial charge on any atom is -0.452 e. The SMILES string of the molecule is CC(C)NC(=O)NCc1ccc(C(=O)OCC(=O)N2C[C@@H](C)O[C@H](C)C2)cc1. The van der Waals surface area contributed by atoms with Crippen molar-refractivity contribution in [2.45, 2.75) is 52.5 Å². The topological polar surface area (TPSA) is 97.0 Å². The van der Waals surface area contributed by atoms with E-state index in [2.05, 4.69) is 10.6 Å². The van der Waals surface area contributed by atoms with Crippen LogP contribution in [0.1, 0.15) is 43.6 Å². The molecule has 0 spiro atoms. The van der Waals surface area contributed by atoms with Crippen molar-refractivity contribution in [2.75, 3.05) is 19.7 Å². The van der Waals surface area contributed by atoms with Gasteiger partial charge in [-0.3, -0.25) is 4.79 Å². The Balaban J connectivity index is 1.79. The highest BCUT2D eigenvalue weighted by molar-refractivity contribution is 5.91. The molecule has 1 saturated heterocycles. The van der Waals surface area contributed by atoms with Gasteiger partial charge >= 0.3 is 12.0 Å². The third kappa shape index (κ3) is 6.84. The third-order valence-electron chi connectivity index (χ3n) is 4.16. The average Bonchev–Trinajstić information content (AvgIpc) is 2.63. The number of carbonyl (C=O) groups excluding carboxylic acids is 3. The van der Waals surface area contributed by atoms with Gasteiger partial charge in [-0.2, -0.15) is 0 Å². The van der Waals surface area contributed by atoms with Crippen LogP contribution in [0, 0.1) is 0 Å². The Kier molecular flexibility index (Phi) is 7.80. The van der Waals surface area contributed by atoms with E-state index >= 15 is 0 Å². The number of nitrogens with zero attached hydrogens (tertiary/aromatic N) is 1.